The van der Waals surface area contributed by atoms with Gasteiger partial charge in [-0.25, -0.2) is 0 Å². The summed E-state index contributed by atoms with van der Waals surface area (Å²) < 4.78 is 11.5. The summed E-state index contributed by atoms with van der Waals surface area (Å²) in [6.45, 7) is -0.507. The summed E-state index contributed by atoms with van der Waals surface area (Å²) in [7, 11) is 0. The first kappa shape index (κ1) is 57.8. The maximum Gasteiger partial charge on any atom is 0.297 e. The number of rotatable bonds is 9. The highest BCUT2D eigenvalue weighted by Crippen LogP contribution is 2.53. The van der Waals surface area contributed by atoms with Crippen molar-refractivity contribution in [1.82, 2.24) is 4.57 Å². The molecule has 0 amide bonds. The van der Waals surface area contributed by atoms with Crippen LogP contribution in [0.25, 0.3) is 93.1 Å². The van der Waals surface area contributed by atoms with Crippen LogP contribution in [-0.2, 0) is 0 Å². The molecule has 4 aliphatic heterocycles. The summed E-state index contributed by atoms with van der Waals surface area (Å²) in [5.41, 5.74) is 29.2. The zero-order chi connectivity index (χ0) is 67.4. The van der Waals surface area contributed by atoms with E-state index in [9.17, 15) is 0 Å². The zero-order valence-corrected chi connectivity index (χ0v) is 56.6. The number of benzene rings is 15. The van der Waals surface area contributed by atoms with Gasteiger partial charge in [-0.05, 0) is 174 Å². The first-order valence-corrected chi connectivity index (χ1v) is 36.2. The lowest BCUT2D eigenvalue weighted by atomic mass is 9.35. The molecule has 103 heavy (non-hydrogen) atoms. The van der Waals surface area contributed by atoms with Crippen molar-refractivity contribution in [3.05, 3.63) is 358 Å². The molecule has 0 saturated carbocycles. The van der Waals surface area contributed by atoms with E-state index in [1.54, 1.807) is 0 Å². The molecular weight excluding hydrogens is 1270 g/mol. The molecule has 0 saturated heterocycles. The van der Waals surface area contributed by atoms with Gasteiger partial charge in [-0.15, -0.1) is 11.3 Å². The highest BCUT2D eigenvalue weighted by molar-refractivity contribution is 7.31. The third-order valence-corrected chi connectivity index (χ3v) is 23.1. The Hall–Kier alpha value is -13.1. The van der Waals surface area contributed by atoms with E-state index in [4.69, 9.17) is 4.42 Å². The standard InChI is InChI=1S/C94H59B2N5OS/c1-8-26-60(27-9-1)68-50-83-91-84(51-68)100(73-46-44-62-30-22-24-36-66(62)48-73)81-56-79-75(54-77(81)95(91)93-87(98(83)71-40-18-6-19-41-71)58-89(102-93)64-32-12-3-13-33-64)76-55-78-82(57-80(76)97(79)70-38-16-5-17-39-70)101(74-47-45-63-31-23-25-37-67(63)49-74)86-53-69(61-28-10-2-11-29-61)52-85-92(86)96(78)94-88(99(85)72-42-20-7-21-43-72)59-90(103-94)65-34-14-4-15-35-65/h1-59H. The average Bonchev–Trinajstić information content (AvgIpc) is 1.67. The fourth-order valence-electron chi connectivity index (χ4n) is 17.3. The average molecular weight is 1330 g/mol. The van der Waals surface area contributed by atoms with Gasteiger partial charge in [0.15, 0.2) is 0 Å². The Morgan fingerprint density at radius 2 is 0.641 bits per heavy atom. The number of hydrogen-bond donors (Lipinski definition) is 0. The lowest BCUT2D eigenvalue weighted by molar-refractivity contribution is 0.615. The first-order chi connectivity index (χ1) is 51.1. The molecule has 15 aromatic carbocycles. The second kappa shape index (κ2) is 22.7. The van der Waals surface area contributed by atoms with Crippen molar-refractivity contribution in [1.29, 1.82) is 0 Å². The topological polar surface area (TPSA) is 31.0 Å². The van der Waals surface area contributed by atoms with E-state index in [0.717, 1.165) is 124 Å². The summed E-state index contributed by atoms with van der Waals surface area (Å²) in [5.74, 6) is 0.823. The Balaban J connectivity index is 0.883. The summed E-state index contributed by atoms with van der Waals surface area (Å²) in [5, 5.41) is 7.07. The molecular formula is C94H59B2N5OS. The molecule has 478 valence electrons. The Kier molecular flexibility index (Phi) is 12.8. The van der Waals surface area contributed by atoms with Crippen LogP contribution in [0.5, 0.6) is 0 Å². The molecule has 4 aliphatic rings. The molecule has 0 fully saturated rings. The Morgan fingerprint density at radius 1 is 0.252 bits per heavy atom. The molecule has 6 nitrogen and oxygen atoms in total. The smallest absolute Gasteiger partial charge is 0.297 e. The minimum atomic E-state index is -0.338. The Labute approximate surface area is 600 Å². The number of hydrogen-bond acceptors (Lipinski definition) is 6. The maximum absolute atomic E-state index is 7.64. The molecule has 3 aromatic heterocycles. The van der Waals surface area contributed by atoms with Crippen molar-refractivity contribution < 1.29 is 4.42 Å². The minimum absolute atomic E-state index is 0.169. The quantitative estimate of drug-likeness (QED) is 0.134. The van der Waals surface area contributed by atoms with Crippen LogP contribution in [0, 0.1) is 0 Å². The van der Waals surface area contributed by atoms with E-state index in [0.29, 0.717) is 0 Å². The van der Waals surface area contributed by atoms with Gasteiger partial charge in [0.1, 0.15) is 5.76 Å². The summed E-state index contributed by atoms with van der Waals surface area (Å²) >= 11 is 1.93. The molecule has 0 bridgehead atoms. The van der Waals surface area contributed by atoms with Crippen LogP contribution in [0.4, 0.5) is 68.2 Å². The number of aromatic nitrogens is 1. The number of thiophene rings is 1. The SMILES string of the molecule is c1ccc(-c2cc3c4c(c2)N(c2ccccc2)c2cc(-c5ccccc5)oc2B4c2cc4c5cc6c(cc5n(-c5ccccc5)c4cc2N3c2ccc3ccccc3c2)N(c2ccc3ccccc3c2)c2cc(-c3ccccc3)cc3c2B6c2sc(-c4ccccc4)cc2N3c2ccccc2)cc1. The highest BCUT2D eigenvalue weighted by atomic mass is 32.1. The minimum Gasteiger partial charge on any atom is -0.468 e. The van der Waals surface area contributed by atoms with E-state index >= 15 is 0 Å². The molecule has 0 N–H and O–H groups in total. The van der Waals surface area contributed by atoms with Crippen LogP contribution in [-0.4, -0.2) is 18.0 Å². The van der Waals surface area contributed by atoms with Crippen LogP contribution >= 0.6 is 11.3 Å². The highest BCUT2D eigenvalue weighted by Gasteiger charge is 2.49. The summed E-state index contributed by atoms with van der Waals surface area (Å²) in [6, 6.07) is 133. The fraction of sp³-hybridized carbons (Fsp3) is 0. The predicted molar refractivity (Wildman–Crippen MR) is 436 cm³/mol. The van der Waals surface area contributed by atoms with Crippen molar-refractivity contribution in [3.63, 3.8) is 0 Å². The van der Waals surface area contributed by atoms with Gasteiger partial charge in [-0.3, -0.25) is 0 Å². The summed E-state index contributed by atoms with van der Waals surface area (Å²) in [6.07, 6.45) is 0. The van der Waals surface area contributed by atoms with Crippen molar-refractivity contribution >= 4 is 169 Å². The van der Waals surface area contributed by atoms with E-state index in [2.05, 4.69) is 382 Å². The fourth-order valence-corrected chi connectivity index (χ4v) is 18.6. The third kappa shape index (κ3) is 8.89. The van der Waals surface area contributed by atoms with Gasteiger partial charge in [-0.2, -0.15) is 0 Å². The molecule has 0 aliphatic carbocycles. The van der Waals surface area contributed by atoms with Gasteiger partial charge >= 0.3 is 0 Å². The molecule has 18 aromatic rings. The molecule has 0 radical (unpaired) electrons. The number of nitrogens with zero attached hydrogens (tertiary/aromatic N) is 5. The number of anilines is 12. The van der Waals surface area contributed by atoms with E-state index in [1.165, 1.54) is 69.9 Å². The Morgan fingerprint density at radius 3 is 1.13 bits per heavy atom. The van der Waals surface area contributed by atoms with Gasteiger partial charge < -0.3 is 28.6 Å². The van der Waals surface area contributed by atoms with Crippen molar-refractivity contribution in [2.75, 3.05) is 19.6 Å². The molecule has 22 rings (SSSR count). The van der Waals surface area contributed by atoms with E-state index in [1.807, 2.05) is 11.3 Å². The molecule has 0 atom stereocenters. The van der Waals surface area contributed by atoms with Gasteiger partial charge in [0.2, 0.25) is 0 Å². The largest absolute Gasteiger partial charge is 0.468 e. The molecule has 0 spiro atoms. The van der Waals surface area contributed by atoms with E-state index < -0.39 is 0 Å². The molecule has 0 unspecified atom stereocenters. The second-order valence-corrected chi connectivity index (χ2v) is 28.6. The van der Waals surface area contributed by atoms with Crippen LogP contribution in [0.3, 0.4) is 0 Å². The lowest BCUT2D eigenvalue weighted by Gasteiger charge is -2.43. The zero-order valence-electron chi connectivity index (χ0n) is 55.8. The van der Waals surface area contributed by atoms with Gasteiger partial charge in [0, 0.05) is 94.6 Å². The van der Waals surface area contributed by atoms with Crippen LogP contribution in [0.2, 0.25) is 0 Å². The van der Waals surface area contributed by atoms with Crippen molar-refractivity contribution in [2.24, 2.45) is 0 Å². The normalized spacial score (nSPS) is 13.1. The molecule has 7 heterocycles. The summed E-state index contributed by atoms with van der Waals surface area (Å²) in [4.78, 5) is 11.4. The number of fused-ring (bicyclic) bond motifs is 13. The lowest BCUT2D eigenvalue weighted by Crippen LogP contribution is -2.61. The van der Waals surface area contributed by atoms with Crippen LogP contribution in [0.1, 0.15) is 0 Å². The second-order valence-electron chi connectivity index (χ2n) is 27.5. The maximum atomic E-state index is 7.64. The van der Waals surface area contributed by atoms with Crippen molar-refractivity contribution in [3.8, 4) is 49.7 Å². The van der Waals surface area contributed by atoms with Gasteiger partial charge in [0.05, 0.1) is 28.1 Å². The predicted octanol–water partition coefficient (Wildman–Crippen LogP) is 21.6. The number of furan rings is 1. The third-order valence-electron chi connectivity index (χ3n) is 21.8. The number of para-hydroxylation sites is 3. The monoisotopic (exact) mass is 1330 g/mol. The Bertz CT molecular complexity index is 6090. The van der Waals surface area contributed by atoms with Crippen LogP contribution < -0.4 is 51.9 Å². The van der Waals surface area contributed by atoms with E-state index in [-0.39, 0.29) is 13.4 Å². The van der Waals surface area contributed by atoms with Crippen molar-refractivity contribution in [2.45, 2.75) is 0 Å². The van der Waals surface area contributed by atoms with Crippen LogP contribution in [0.15, 0.2) is 362 Å². The van der Waals surface area contributed by atoms with Gasteiger partial charge in [-0.1, -0.05) is 249 Å². The molecule has 9 heteroatoms. The first-order valence-electron chi connectivity index (χ1n) is 35.4. The van der Waals surface area contributed by atoms with Gasteiger partial charge in [0.25, 0.3) is 13.4 Å².